The summed E-state index contributed by atoms with van der Waals surface area (Å²) in [5, 5.41) is 8.58. The molecule has 0 saturated heterocycles. The minimum atomic E-state index is -0.0984. The molecule has 0 aliphatic rings. The third kappa shape index (κ3) is 1.32. The van der Waals surface area contributed by atoms with E-state index < -0.39 is 0 Å². The van der Waals surface area contributed by atoms with Crippen molar-refractivity contribution in [1.29, 1.82) is 0 Å². The summed E-state index contributed by atoms with van der Waals surface area (Å²) in [6, 6.07) is -0.0984. The highest BCUT2D eigenvalue weighted by Gasteiger charge is 2.06. The first-order chi connectivity index (χ1) is 4.88. The van der Waals surface area contributed by atoms with Crippen molar-refractivity contribution in [2.24, 2.45) is 0 Å². The van der Waals surface area contributed by atoms with Gasteiger partial charge in [0, 0.05) is 5.38 Å². The van der Waals surface area contributed by atoms with Gasteiger partial charge < -0.3 is 5.32 Å². The van der Waals surface area contributed by atoms with Gasteiger partial charge in [0.25, 0.3) is 0 Å². The summed E-state index contributed by atoms with van der Waals surface area (Å²) < 4.78 is 3.70. The molecule has 52 valence electrons. The summed E-state index contributed by atoms with van der Waals surface area (Å²) in [5.41, 5.74) is 0.815. The Kier molecular flexibility index (Phi) is 2.37. The fraction of sp³-hybridized carbons (Fsp3) is 0.333. The lowest BCUT2D eigenvalue weighted by Crippen LogP contribution is -2.14. The van der Waals surface area contributed by atoms with Crippen molar-refractivity contribution in [2.75, 3.05) is 7.05 Å². The predicted octanol–water partition coefficient (Wildman–Crippen LogP) is 0.432. The first kappa shape index (κ1) is 7.19. The summed E-state index contributed by atoms with van der Waals surface area (Å²) in [5.74, 6) is 2.55. The zero-order chi connectivity index (χ0) is 7.40. The van der Waals surface area contributed by atoms with Crippen molar-refractivity contribution in [3.8, 4) is 12.3 Å². The maximum atomic E-state index is 5.20. The van der Waals surface area contributed by atoms with E-state index in [0.29, 0.717) is 0 Å². The van der Waals surface area contributed by atoms with Crippen LogP contribution in [0.2, 0.25) is 0 Å². The molecule has 1 N–H and O–H groups in total. The van der Waals surface area contributed by atoms with Gasteiger partial charge in [-0.05, 0) is 18.6 Å². The van der Waals surface area contributed by atoms with Gasteiger partial charge in [-0.3, -0.25) is 0 Å². The Bertz CT molecular complexity index is 224. The first-order valence-electron chi connectivity index (χ1n) is 2.79. The fourth-order valence-electron chi connectivity index (χ4n) is 0.614. The minimum Gasteiger partial charge on any atom is -0.302 e. The van der Waals surface area contributed by atoms with Gasteiger partial charge in [-0.1, -0.05) is 10.4 Å². The van der Waals surface area contributed by atoms with E-state index in [2.05, 4.69) is 20.8 Å². The van der Waals surface area contributed by atoms with E-state index in [9.17, 15) is 0 Å². The summed E-state index contributed by atoms with van der Waals surface area (Å²) >= 11 is 1.30. The number of rotatable bonds is 2. The molecule has 0 bridgehead atoms. The third-order valence-corrected chi connectivity index (χ3v) is 1.65. The van der Waals surface area contributed by atoms with Gasteiger partial charge in [-0.2, -0.15) is 0 Å². The van der Waals surface area contributed by atoms with Crippen LogP contribution in [0.25, 0.3) is 0 Å². The summed E-state index contributed by atoms with van der Waals surface area (Å²) in [4.78, 5) is 0. The van der Waals surface area contributed by atoms with E-state index >= 15 is 0 Å². The van der Waals surface area contributed by atoms with Crippen LogP contribution >= 0.6 is 11.5 Å². The predicted molar refractivity (Wildman–Crippen MR) is 40.5 cm³/mol. The highest BCUT2D eigenvalue weighted by molar-refractivity contribution is 7.03. The number of hydrogen-bond donors (Lipinski definition) is 1. The van der Waals surface area contributed by atoms with Gasteiger partial charge in [-0.25, -0.2) is 0 Å². The first-order valence-corrected chi connectivity index (χ1v) is 3.62. The van der Waals surface area contributed by atoms with Crippen molar-refractivity contribution in [2.45, 2.75) is 6.04 Å². The van der Waals surface area contributed by atoms with Crippen LogP contribution in [0.15, 0.2) is 5.38 Å². The number of nitrogens with one attached hydrogen (secondary N) is 1. The lowest BCUT2D eigenvalue weighted by molar-refractivity contribution is 0.709. The van der Waals surface area contributed by atoms with E-state index in [4.69, 9.17) is 6.42 Å². The third-order valence-electron chi connectivity index (χ3n) is 1.13. The molecule has 1 heterocycles. The molecular weight excluding hydrogens is 146 g/mol. The van der Waals surface area contributed by atoms with Gasteiger partial charge in [0.05, 0.1) is 0 Å². The molecule has 1 aromatic rings. The standard InChI is InChI=1S/C6H7N3S/c1-3-5(7-2)6-4-10-9-8-6/h1,4-5,7H,2H3. The van der Waals surface area contributed by atoms with Crippen LogP contribution in [-0.2, 0) is 0 Å². The topological polar surface area (TPSA) is 37.8 Å². The molecule has 1 rings (SSSR count). The second-order valence-electron chi connectivity index (χ2n) is 1.72. The largest absolute Gasteiger partial charge is 0.302 e. The van der Waals surface area contributed by atoms with Crippen molar-refractivity contribution in [1.82, 2.24) is 14.9 Å². The van der Waals surface area contributed by atoms with Gasteiger partial charge >= 0.3 is 0 Å². The molecule has 0 aliphatic heterocycles. The average molecular weight is 153 g/mol. The molecule has 4 heteroatoms. The highest BCUT2D eigenvalue weighted by Crippen LogP contribution is 2.07. The SMILES string of the molecule is C#CC(NC)c1csnn1. The second kappa shape index (κ2) is 3.30. The molecule has 0 radical (unpaired) electrons. The van der Waals surface area contributed by atoms with Crippen molar-refractivity contribution in [3.05, 3.63) is 11.1 Å². The molecule has 0 amide bonds. The fourth-order valence-corrected chi connectivity index (χ4v) is 1.09. The molecule has 1 atom stereocenters. The molecule has 0 spiro atoms. The summed E-state index contributed by atoms with van der Waals surface area (Å²) in [6.07, 6.45) is 5.20. The molecule has 0 aromatic carbocycles. The van der Waals surface area contributed by atoms with E-state index in [1.807, 2.05) is 5.38 Å². The molecule has 10 heavy (non-hydrogen) atoms. The summed E-state index contributed by atoms with van der Waals surface area (Å²) in [7, 11) is 1.80. The van der Waals surface area contributed by atoms with Crippen LogP contribution in [0, 0.1) is 12.3 Å². The van der Waals surface area contributed by atoms with Crippen LogP contribution in [0.4, 0.5) is 0 Å². The van der Waals surface area contributed by atoms with E-state index in [0.717, 1.165) is 5.69 Å². The Hall–Kier alpha value is -0.920. The van der Waals surface area contributed by atoms with Crippen LogP contribution < -0.4 is 5.32 Å². The Labute approximate surface area is 63.6 Å². The molecule has 0 aliphatic carbocycles. The van der Waals surface area contributed by atoms with Gasteiger partial charge in [0.2, 0.25) is 0 Å². The Morgan fingerprint density at radius 2 is 2.70 bits per heavy atom. The highest BCUT2D eigenvalue weighted by atomic mass is 32.1. The Morgan fingerprint density at radius 1 is 1.90 bits per heavy atom. The normalized spacial score (nSPS) is 12.4. The lowest BCUT2D eigenvalue weighted by Gasteiger charge is -2.02. The number of terminal acetylenes is 1. The number of nitrogens with zero attached hydrogens (tertiary/aromatic N) is 2. The molecular formula is C6H7N3S. The molecule has 1 unspecified atom stereocenters. The zero-order valence-corrected chi connectivity index (χ0v) is 6.35. The molecule has 0 saturated carbocycles. The van der Waals surface area contributed by atoms with Gasteiger partial charge in [0.1, 0.15) is 11.7 Å². The summed E-state index contributed by atoms with van der Waals surface area (Å²) in [6.45, 7) is 0. The van der Waals surface area contributed by atoms with E-state index in [-0.39, 0.29) is 6.04 Å². The molecule has 3 nitrogen and oxygen atoms in total. The van der Waals surface area contributed by atoms with Crippen LogP contribution in [0.3, 0.4) is 0 Å². The second-order valence-corrected chi connectivity index (χ2v) is 2.33. The van der Waals surface area contributed by atoms with E-state index in [1.165, 1.54) is 11.5 Å². The smallest absolute Gasteiger partial charge is 0.114 e. The Morgan fingerprint density at radius 3 is 3.10 bits per heavy atom. The monoisotopic (exact) mass is 153 g/mol. The average Bonchev–Trinajstić information content (AvgIpc) is 2.43. The van der Waals surface area contributed by atoms with Gasteiger partial charge in [-0.15, -0.1) is 11.5 Å². The molecule has 0 fully saturated rings. The van der Waals surface area contributed by atoms with Crippen LogP contribution in [-0.4, -0.2) is 16.6 Å². The maximum absolute atomic E-state index is 5.20. The van der Waals surface area contributed by atoms with Crippen LogP contribution in [0.5, 0.6) is 0 Å². The maximum Gasteiger partial charge on any atom is 0.114 e. The quantitative estimate of drug-likeness (QED) is 0.626. The van der Waals surface area contributed by atoms with Crippen molar-refractivity contribution < 1.29 is 0 Å². The van der Waals surface area contributed by atoms with Crippen molar-refractivity contribution in [3.63, 3.8) is 0 Å². The zero-order valence-electron chi connectivity index (χ0n) is 5.53. The van der Waals surface area contributed by atoms with E-state index in [1.54, 1.807) is 7.05 Å². The van der Waals surface area contributed by atoms with Crippen molar-refractivity contribution >= 4 is 11.5 Å². The Balaban J connectivity index is 2.76. The molecule has 1 aromatic heterocycles. The van der Waals surface area contributed by atoms with Gasteiger partial charge in [0.15, 0.2) is 0 Å². The minimum absolute atomic E-state index is 0.0984. The number of aromatic nitrogens is 2. The van der Waals surface area contributed by atoms with Crippen LogP contribution in [0.1, 0.15) is 11.7 Å². The lowest BCUT2D eigenvalue weighted by atomic mass is 10.2. The number of hydrogen-bond acceptors (Lipinski definition) is 4.